The van der Waals surface area contributed by atoms with Gasteiger partial charge in [-0.2, -0.15) is 11.8 Å². The van der Waals surface area contributed by atoms with E-state index in [2.05, 4.69) is 5.32 Å². The number of thioether (sulfide) groups is 1. The Labute approximate surface area is 101 Å². The van der Waals surface area contributed by atoms with Crippen LogP contribution in [0.3, 0.4) is 0 Å². The molecule has 2 N–H and O–H groups in total. The molecule has 1 aliphatic heterocycles. The third-order valence-electron chi connectivity index (χ3n) is 2.61. The van der Waals surface area contributed by atoms with Crippen LogP contribution in [0.25, 0.3) is 0 Å². The Morgan fingerprint density at radius 1 is 1.41 bits per heavy atom. The van der Waals surface area contributed by atoms with Crippen LogP contribution in [0.5, 0.6) is 0 Å². The molecule has 1 saturated heterocycles. The maximum absolute atomic E-state index is 13.5. The first-order chi connectivity index (χ1) is 8.08. The Morgan fingerprint density at radius 2 is 2.18 bits per heavy atom. The van der Waals surface area contributed by atoms with Crippen molar-refractivity contribution in [2.24, 2.45) is 0 Å². The fourth-order valence-corrected chi connectivity index (χ4v) is 2.87. The smallest absolute Gasteiger partial charge is 0.321 e. The van der Waals surface area contributed by atoms with E-state index in [0.717, 1.165) is 6.07 Å². The summed E-state index contributed by atoms with van der Waals surface area (Å²) >= 11 is 1.44. The number of carboxylic acids is 1. The second kappa shape index (κ2) is 5.01. The number of hydrogen-bond donors (Lipinski definition) is 2. The van der Waals surface area contributed by atoms with Crippen molar-refractivity contribution in [2.45, 2.75) is 12.1 Å². The van der Waals surface area contributed by atoms with Gasteiger partial charge >= 0.3 is 5.97 Å². The zero-order chi connectivity index (χ0) is 12.4. The Morgan fingerprint density at radius 3 is 2.82 bits per heavy atom. The summed E-state index contributed by atoms with van der Waals surface area (Å²) in [4.78, 5) is 10.8. The lowest BCUT2D eigenvalue weighted by Gasteiger charge is -2.28. The molecule has 2 rings (SSSR count). The first-order valence-electron chi connectivity index (χ1n) is 5.09. The molecule has 0 radical (unpaired) electrons. The van der Waals surface area contributed by atoms with Gasteiger partial charge in [-0.15, -0.1) is 0 Å². The molecule has 1 aromatic rings. The lowest BCUT2D eigenvalue weighted by Crippen LogP contribution is -2.45. The predicted octanol–water partition coefficient (Wildman–Crippen LogP) is 1.80. The summed E-state index contributed by atoms with van der Waals surface area (Å²) in [6, 6.07) is 2.26. The second-order valence-corrected chi connectivity index (χ2v) is 4.89. The molecule has 1 aliphatic rings. The number of carbonyl (C=O) groups is 1. The van der Waals surface area contributed by atoms with Crippen LogP contribution in [0, 0.1) is 11.6 Å². The fourth-order valence-electron chi connectivity index (χ4n) is 1.75. The molecular formula is C11H11F2NO2S. The highest BCUT2D eigenvalue weighted by Crippen LogP contribution is 2.26. The first-order valence-corrected chi connectivity index (χ1v) is 6.25. The lowest BCUT2D eigenvalue weighted by molar-refractivity contribution is -0.139. The van der Waals surface area contributed by atoms with Crippen LogP contribution in [0.4, 0.5) is 8.78 Å². The van der Waals surface area contributed by atoms with E-state index in [0.29, 0.717) is 17.1 Å². The molecule has 3 nitrogen and oxygen atoms in total. The van der Waals surface area contributed by atoms with E-state index in [-0.39, 0.29) is 0 Å². The normalized spacial score (nSPS) is 24.6. The van der Waals surface area contributed by atoms with E-state index in [1.54, 1.807) is 0 Å². The van der Waals surface area contributed by atoms with Gasteiger partial charge in [-0.25, -0.2) is 8.78 Å². The van der Waals surface area contributed by atoms with E-state index < -0.39 is 29.7 Å². The van der Waals surface area contributed by atoms with Crippen molar-refractivity contribution in [3.05, 3.63) is 35.4 Å². The monoisotopic (exact) mass is 259 g/mol. The molecule has 17 heavy (non-hydrogen) atoms. The number of rotatable bonds is 2. The van der Waals surface area contributed by atoms with Crippen LogP contribution in [-0.4, -0.2) is 28.6 Å². The summed E-state index contributed by atoms with van der Waals surface area (Å²) < 4.78 is 26.3. The van der Waals surface area contributed by atoms with Gasteiger partial charge in [-0.1, -0.05) is 6.07 Å². The molecule has 6 heteroatoms. The standard InChI is InChI=1S/C11H11F2NO2S/c12-6-1-2-7(8(13)3-6)9-4-17-5-10(14-9)11(15)16/h1-3,9-10,14H,4-5H2,(H,15,16). The third kappa shape index (κ3) is 2.76. The zero-order valence-electron chi connectivity index (χ0n) is 8.82. The molecule has 1 fully saturated rings. The van der Waals surface area contributed by atoms with Crippen molar-refractivity contribution in [2.75, 3.05) is 11.5 Å². The average molecular weight is 259 g/mol. The molecule has 2 unspecified atom stereocenters. The molecule has 1 heterocycles. The van der Waals surface area contributed by atoms with Gasteiger partial charge in [0.05, 0.1) is 0 Å². The SMILES string of the molecule is O=C(O)C1CSCC(c2ccc(F)cc2F)N1. The number of hydrogen-bond acceptors (Lipinski definition) is 3. The van der Waals surface area contributed by atoms with Crippen molar-refractivity contribution in [1.29, 1.82) is 0 Å². The van der Waals surface area contributed by atoms with E-state index in [9.17, 15) is 13.6 Å². The van der Waals surface area contributed by atoms with E-state index in [4.69, 9.17) is 5.11 Å². The van der Waals surface area contributed by atoms with Gasteiger partial charge in [0.2, 0.25) is 0 Å². The van der Waals surface area contributed by atoms with Crippen molar-refractivity contribution < 1.29 is 18.7 Å². The number of halogens is 2. The van der Waals surface area contributed by atoms with Gasteiger partial charge in [0, 0.05) is 29.2 Å². The van der Waals surface area contributed by atoms with E-state index in [1.165, 1.54) is 23.9 Å². The van der Waals surface area contributed by atoms with Crippen LogP contribution >= 0.6 is 11.8 Å². The minimum absolute atomic E-state index is 0.310. The van der Waals surface area contributed by atoms with E-state index >= 15 is 0 Å². The minimum Gasteiger partial charge on any atom is -0.480 e. The van der Waals surface area contributed by atoms with Gasteiger partial charge < -0.3 is 5.11 Å². The number of carboxylic acid groups (broad SMARTS) is 1. The van der Waals surface area contributed by atoms with Crippen LogP contribution < -0.4 is 5.32 Å². The van der Waals surface area contributed by atoms with Crippen LogP contribution in [0.1, 0.15) is 11.6 Å². The van der Waals surface area contributed by atoms with Gasteiger partial charge in [-0.05, 0) is 6.07 Å². The maximum atomic E-state index is 13.5. The summed E-state index contributed by atoms with van der Waals surface area (Å²) in [6.45, 7) is 0. The third-order valence-corrected chi connectivity index (χ3v) is 3.75. The highest BCUT2D eigenvalue weighted by Gasteiger charge is 2.28. The molecule has 0 aromatic heterocycles. The number of aliphatic carboxylic acids is 1. The predicted molar refractivity (Wildman–Crippen MR) is 61.0 cm³/mol. The molecule has 0 saturated carbocycles. The van der Waals surface area contributed by atoms with E-state index in [1.807, 2.05) is 0 Å². The molecule has 2 atom stereocenters. The molecule has 0 aliphatic carbocycles. The molecule has 1 aromatic carbocycles. The molecular weight excluding hydrogens is 248 g/mol. The molecule has 0 bridgehead atoms. The number of nitrogens with one attached hydrogen (secondary N) is 1. The molecule has 0 spiro atoms. The maximum Gasteiger partial charge on any atom is 0.321 e. The summed E-state index contributed by atoms with van der Waals surface area (Å²) in [6.07, 6.45) is 0. The Bertz CT molecular complexity index is 441. The topological polar surface area (TPSA) is 49.3 Å². The molecule has 0 amide bonds. The summed E-state index contributed by atoms with van der Waals surface area (Å²) in [7, 11) is 0. The Balaban J connectivity index is 2.19. The van der Waals surface area contributed by atoms with Gasteiger partial charge in [0.15, 0.2) is 0 Å². The van der Waals surface area contributed by atoms with Crippen molar-refractivity contribution >= 4 is 17.7 Å². The minimum atomic E-state index is -0.954. The zero-order valence-corrected chi connectivity index (χ0v) is 9.64. The van der Waals surface area contributed by atoms with Crippen LogP contribution in [-0.2, 0) is 4.79 Å². The van der Waals surface area contributed by atoms with Gasteiger partial charge in [0.25, 0.3) is 0 Å². The van der Waals surface area contributed by atoms with Crippen molar-refractivity contribution in [3.8, 4) is 0 Å². The Hall–Kier alpha value is -1.14. The lowest BCUT2D eigenvalue weighted by atomic mass is 10.1. The van der Waals surface area contributed by atoms with Crippen molar-refractivity contribution in [3.63, 3.8) is 0 Å². The largest absolute Gasteiger partial charge is 0.480 e. The molecule has 92 valence electrons. The summed E-state index contributed by atoms with van der Waals surface area (Å²) in [5.74, 6) is -1.20. The highest BCUT2D eigenvalue weighted by molar-refractivity contribution is 7.99. The van der Waals surface area contributed by atoms with Gasteiger partial charge in [0.1, 0.15) is 17.7 Å². The summed E-state index contributed by atoms with van der Waals surface area (Å²) in [5, 5.41) is 11.7. The second-order valence-electron chi connectivity index (χ2n) is 3.81. The van der Waals surface area contributed by atoms with Gasteiger partial charge in [-0.3, -0.25) is 10.1 Å². The summed E-state index contributed by atoms with van der Waals surface area (Å²) in [5.41, 5.74) is 0.310. The quantitative estimate of drug-likeness (QED) is 0.850. The Kier molecular flexibility index (Phi) is 3.63. The van der Waals surface area contributed by atoms with Crippen LogP contribution in [0.15, 0.2) is 18.2 Å². The average Bonchev–Trinajstić information content (AvgIpc) is 2.29. The fraction of sp³-hybridized carbons (Fsp3) is 0.364. The highest BCUT2D eigenvalue weighted by atomic mass is 32.2. The number of benzene rings is 1. The van der Waals surface area contributed by atoms with Crippen molar-refractivity contribution in [1.82, 2.24) is 5.32 Å². The first kappa shape index (κ1) is 12.3. The van der Waals surface area contributed by atoms with Crippen LogP contribution in [0.2, 0.25) is 0 Å².